The van der Waals surface area contributed by atoms with Crippen LogP contribution in [0.15, 0.2) is 0 Å². The van der Waals surface area contributed by atoms with Gasteiger partial charge in [0, 0.05) is 12.6 Å². The first kappa shape index (κ1) is 14.5. The highest BCUT2D eigenvalue weighted by atomic mass is 16.5. The average Bonchev–Trinajstić information content (AvgIpc) is 2.28. The van der Waals surface area contributed by atoms with Crippen LogP contribution in [0.3, 0.4) is 0 Å². The van der Waals surface area contributed by atoms with Crippen LogP contribution in [0.1, 0.15) is 33.6 Å². The van der Waals surface area contributed by atoms with E-state index in [1.807, 2.05) is 27.8 Å². The van der Waals surface area contributed by atoms with Gasteiger partial charge in [0.1, 0.15) is 5.54 Å². The summed E-state index contributed by atoms with van der Waals surface area (Å²) in [5.74, 6) is -0.129. The van der Waals surface area contributed by atoms with E-state index in [-0.39, 0.29) is 5.97 Å². The lowest BCUT2D eigenvalue weighted by atomic mass is 9.97. The summed E-state index contributed by atoms with van der Waals surface area (Å²) in [6.45, 7) is 8.37. The van der Waals surface area contributed by atoms with Crippen LogP contribution in [-0.2, 0) is 9.53 Å². The predicted octanol–water partition coefficient (Wildman–Crippen LogP) is 1.35. The number of ether oxygens (including phenoxy) is 1. The van der Waals surface area contributed by atoms with Crippen LogP contribution in [-0.4, -0.2) is 61.1 Å². The molecule has 0 aromatic rings. The van der Waals surface area contributed by atoms with Gasteiger partial charge in [-0.3, -0.25) is 9.69 Å². The number of likely N-dealkylation sites (tertiary alicyclic amines) is 1. The Bertz CT molecular complexity index is 266. The topological polar surface area (TPSA) is 32.8 Å². The van der Waals surface area contributed by atoms with Crippen molar-refractivity contribution in [3.8, 4) is 0 Å². The Labute approximate surface area is 105 Å². The Balaban J connectivity index is 2.66. The van der Waals surface area contributed by atoms with Gasteiger partial charge in [-0.25, -0.2) is 0 Å². The lowest BCUT2D eigenvalue weighted by molar-refractivity contribution is -0.157. The number of hydrogen-bond acceptors (Lipinski definition) is 4. The molecule has 1 rings (SSSR count). The first-order valence-electron chi connectivity index (χ1n) is 6.48. The molecule has 1 unspecified atom stereocenters. The van der Waals surface area contributed by atoms with Crippen LogP contribution in [0, 0.1) is 0 Å². The number of hydrogen-bond donors (Lipinski definition) is 0. The van der Waals surface area contributed by atoms with Gasteiger partial charge >= 0.3 is 5.97 Å². The molecular weight excluding hydrogens is 216 g/mol. The van der Waals surface area contributed by atoms with Crippen molar-refractivity contribution in [2.45, 2.75) is 45.2 Å². The molecule has 1 aliphatic rings. The summed E-state index contributed by atoms with van der Waals surface area (Å²) < 4.78 is 5.15. The van der Waals surface area contributed by atoms with Crippen molar-refractivity contribution in [3.05, 3.63) is 0 Å². The number of nitrogens with zero attached hydrogens (tertiary/aromatic N) is 2. The maximum atomic E-state index is 12.0. The van der Waals surface area contributed by atoms with E-state index in [4.69, 9.17) is 4.74 Å². The Morgan fingerprint density at radius 3 is 2.71 bits per heavy atom. The molecule has 1 aliphatic heterocycles. The van der Waals surface area contributed by atoms with Crippen molar-refractivity contribution in [1.29, 1.82) is 0 Å². The molecule has 100 valence electrons. The van der Waals surface area contributed by atoms with E-state index in [1.165, 1.54) is 6.42 Å². The number of carbonyl (C=O) groups is 1. The molecule has 1 fully saturated rings. The van der Waals surface area contributed by atoms with Crippen molar-refractivity contribution >= 4 is 5.97 Å². The van der Waals surface area contributed by atoms with Gasteiger partial charge in [0.25, 0.3) is 0 Å². The van der Waals surface area contributed by atoms with Gasteiger partial charge in [-0.2, -0.15) is 0 Å². The lowest BCUT2D eigenvalue weighted by Gasteiger charge is -2.42. The Hall–Kier alpha value is -0.610. The number of esters is 1. The molecule has 0 radical (unpaired) electrons. The molecule has 0 aromatic carbocycles. The molecule has 0 aliphatic carbocycles. The van der Waals surface area contributed by atoms with Crippen molar-refractivity contribution < 1.29 is 9.53 Å². The van der Waals surface area contributed by atoms with E-state index >= 15 is 0 Å². The predicted molar refractivity (Wildman–Crippen MR) is 69.0 cm³/mol. The van der Waals surface area contributed by atoms with Crippen molar-refractivity contribution in [2.24, 2.45) is 0 Å². The van der Waals surface area contributed by atoms with Crippen LogP contribution < -0.4 is 0 Å². The largest absolute Gasteiger partial charge is 0.465 e. The second-order valence-electron chi connectivity index (χ2n) is 5.45. The monoisotopic (exact) mass is 242 g/mol. The quantitative estimate of drug-likeness (QED) is 0.697. The van der Waals surface area contributed by atoms with E-state index in [0.29, 0.717) is 12.6 Å². The Morgan fingerprint density at radius 2 is 2.18 bits per heavy atom. The minimum atomic E-state index is -0.543. The Morgan fingerprint density at radius 1 is 1.53 bits per heavy atom. The summed E-state index contributed by atoms with van der Waals surface area (Å²) in [6.07, 6.45) is 2.36. The zero-order valence-corrected chi connectivity index (χ0v) is 11.8. The molecule has 1 heterocycles. The number of likely N-dealkylation sites (N-methyl/N-ethyl adjacent to an activating group) is 2. The van der Waals surface area contributed by atoms with Crippen molar-refractivity contribution in [3.63, 3.8) is 0 Å². The average molecular weight is 242 g/mol. The molecule has 0 bridgehead atoms. The fourth-order valence-corrected chi connectivity index (χ4v) is 2.36. The van der Waals surface area contributed by atoms with Crippen LogP contribution in [0.4, 0.5) is 0 Å². The van der Waals surface area contributed by atoms with Crippen LogP contribution in [0.5, 0.6) is 0 Å². The van der Waals surface area contributed by atoms with Crippen LogP contribution in [0.25, 0.3) is 0 Å². The second kappa shape index (κ2) is 5.83. The highest BCUT2D eigenvalue weighted by Crippen LogP contribution is 2.22. The van der Waals surface area contributed by atoms with Gasteiger partial charge in [0.2, 0.25) is 0 Å². The van der Waals surface area contributed by atoms with E-state index in [2.05, 4.69) is 16.8 Å². The molecule has 0 N–H and O–H groups in total. The number of carbonyl (C=O) groups excluding carboxylic acids is 1. The standard InChI is InChI=1S/C13H26N2O2/c1-6-17-12(16)13(2,3)15(5)11-8-7-9-14(4)10-11/h11H,6-10H2,1-5H3. The molecule has 1 saturated heterocycles. The first-order chi connectivity index (χ1) is 7.89. The third-order valence-corrected chi connectivity index (χ3v) is 3.80. The van der Waals surface area contributed by atoms with Crippen molar-refractivity contribution in [1.82, 2.24) is 9.80 Å². The lowest BCUT2D eigenvalue weighted by Crippen LogP contribution is -2.57. The van der Waals surface area contributed by atoms with E-state index < -0.39 is 5.54 Å². The van der Waals surface area contributed by atoms with Gasteiger partial charge in [0.15, 0.2) is 0 Å². The van der Waals surface area contributed by atoms with E-state index in [1.54, 1.807) is 0 Å². The normalized spacial score (nSPS) is 22.8. The summed E-state index contributed by atoms with van der Waals surface area (Å²) >= 11 is 0. The molecule has 0 spiro atoms. The van der Waals surface area contributed by atoms with Gasteiger partial charge in [-0.05, 0) is 54.3 Å². The van der Waals surface area contributed by atoms with Gasteiger partial charge in [0.05, 0.1) is 6.61 Å². The maximum absolute atomic E-state index is 12.0. The minimum Gasteiger partial charge on any atom is -0.465 e. The smallest absolute Gasteiger partial charge is 0.325 e. The molecule has 0 saturated carbocycles. The molecule has 1 atom stereocenters. The van der Waals surface area contributed by atoms with E-state index in [0.717, 1.165) is 19.5 Å². The van der Waals surface area contributed by atoms with Gasteiger partial charge < -0.3 is 9.64 Å². The third kappa shape index (κ3) is 3.42. The summed E-state index contributed by atoms with van der Waals surface area (Å²) in [4.78, 5) is 16.4. The third-order valence-electron chi connectivity index (χ3n) is 3.80. The fraction of sp³-hybridized carbons (Fsp3) is 0.923. The highest BCUT2D eigenvalue weighted by molar-refractivity contribution is 5.79. The van der Waals surface area contributed by atoms with Gasteiger partial charge in [-0.1, -0.05) is 0 Å². The van der Waals surface area contributed by atoms with Crippen molar-refractivity contribution in [2.75, 3.05) is 33.8 Å². The highest BCUT2D eigenvalue weighted by Gasteiger charge is 2.38. The molecular formula is C13H26N2O2. The first-order valence-corrected chi connectivity index (χ1v) is 6.48. The molecule has 0 amide bonds. The summed E-state index contributed by atoms with van der Waals surface area (Å²) in [7, 11) is 4.16. The Kier molecular flexibility index (Phi) is 4.95. The summed E-state index contributed by atoms with van der Waals surface area (Å²) in [5, 5.41) is 0. The zero-order chi connectivity index (χ0) is 13.1. The van der Waals surface area contributed by atoms with Gasteiger partial charge in [-0.15, -0.1) is 0 Å². The fourth-order valence-electron chi connectivity index (χ4n) is 2.36. The second-order valence-corrected chi connectivity index (χ2v) is 5.45. The zero-order valence-electron chi connectivity index (χ0n) is 11.8. The SMILES string of the molecule is CCOC(=O)C(C)(C)N(C)C1CCCN(C)C1. The molecule has 0 aromatic heterocycles. The molecule has 4 heteroatoms. The van der Waals surface area contributed by atoms with Crippen LogP contribution >= 0.6 is 0 Å². The van der Waals surface area contributed by atoms with E-state index in [9.17, 15) is 4.79 Å². The summed E-state index contributed by atoms with van der Waals surface area (Å²) in [5.41, 5.74) is -0.543. The maximum Gasteiger partial charge on any atom is 0.325 e. The molecule has 4 nitrogen and oxygen atoms in total. The summed E-state index contributed by atoms with van der Waals surface area (Å²) in [6, 6.07) is 0.438. The molecule has 17 heavy (non-hydrogen) atoms. The number of rotatable bonds is 4. The number of piperidine rings is 1. The van der Waals surface area contributed by atoms with Crippen LogP contribution in [0.2, 0.25) is 0 Å². The minimum absolute atomic E-state index is 0.129.